The minimum atomic E-state index is -0.552. The SMILES string of the molecule is COc1cc(-c2nc3ccccc3c(=O)n2O)cc(OC)c1OC. The van der Waals surface area contributed by atoms with E-state index < -0.39 is 5.56 Å². The van der Waals surface area contributed by atoms with Crippen LogP contribution in [0, 0.1) is 0 Å². The van der Waals surface area contributed by atoms with E-state index in [2.05, 4.69) is 4.98 Å². The molecule has 124 valence electrons. The summed E-state index contributed by atoms with van der Waals surface area (Å²) in [6, 6.07) is 10.0. The second-order valence-corrected chi connectivity index (χ2v) is 4.98. The van der Waals surface area contributed by atoms with Gasteiger partial charge in [0, 0.05) is 5.56 Å². The molecule has 0 unspecified atom stereocenters. The lowest BCUT2D eigenvalue weighted by atomic mass is 10.1. The van der Waals surface area contributed by atoms with Crippen LogP contribution in [0.5, 0.6) is 17.2 Å². The zero-order valence-corrected chi connectivity index (χ0v) is 13.4. The highest BCUT2D eigenvalue weighted by atomic mass is 16.5. The Morgan fingerprint density at radius 3 is 2.21 bits per heavy atom. The van der Waals surface area contributed by atoms with Crippen molar-refractivity contribution in [1.29, 1.82) is 0 Å². The molecule has 0 bridgehead atoms. The summed E-state index contributed by atoms with van der Waals surface area (Å²) in [5.41, 5.74) is 0.385. The highest BCUT2D eigenvalue weighted by Crippen LogP contribution is 2.40. The second-order valence-electron chi connectivity index (χ2n) is 4.98. The van der Waals surface area contributed by atoms with E-state index in [1.54, 1.807) is 36.4 Å². The average Bonchev–Trinajstić information content (AvgIpc) is 2.63. The molecule has 7 nitrogen and oxygen atoms in total. The van der Waals surface area contributed by atoms with Crippen molar-refractivity contribution in [2.75, 3.05) is 21.3 Å². The number of hydrogen-bond donors (Lipinski definition) is 1. The monoisotopic (exact) mass is 328 g/mol. The van der Waals surface area contributed by atoms with Gasteiger partial charge in [0.05, 0.1) is 32.2 Å². The van der Waals surface area contributed by atoms with Crippen LogP contribution >= 0.6 is 0 Å². The molecule has 7 heteroatoms. The zero-order valence-electron chi connectivity index (χ0n) is 13.4. The van der Waals surface area contributed by atoms with Crippen molar-refractivity contribution in [3.63, 3.8) is 0 Å². The van der Waals surface area contributed by atoms with Gasteiger partial charge >= 0.3 is 0 Å². The molecule has 1 N–H and O–H groups in total. The van der Waals surface area contributed by atoms with E-state index in [0.717, 1.165) is 0 Å². The minimum Gasteiger partial charge on any atom is -0.493 e. The molecule has 0 aliphatic carbocycles. The molecule has 0 fully saturated rings. The van der Waals surface area contributed by atoms with Gasteiger partial charge in [0.15, 0.2) is 17.3 Å². The first-order valence-electron chi connectivity index (χ1n) is 7.12. The molecule has 0 atom stereocenters. The largest absolute Gasteiger partial charge is 0.493 e. The standard InChI is InChI=1S/C17H16N2O5/c1-22-13-8-10(9-14(23-2)15(13)24-3)16-18-12-7-5-4-6-11(12)17(20)19(16)21/h4-9,21H,1-3H3. The predicted octanol–water partition coefficient (Wildman–Crippen LogP) is 2.33. The van der Waals surface area contributed by atoms with Crippen LogP contribution in [0.4, 0.5) is 0 Å². The van der Waals surface area contributed by atoms with Crippen LogP contribution in [0.2, 0.25) is 0 Å². The molecule has 3 rings (SSSR count). The maximum atomic E-state index is 12.3. The van der Waals surface area contributed by atoms with Gasteiger partial charge in [-0.3, -0.25) is 4.79 Å². The number of nitrogens with zero attached hydrogens (tertiary/aromatic N) is 2. The minimum absolute atomic E-state index is 0.0814. The molecular formula is C17H16N2O5. The predicted molar refractivity (Wildman–Crippen MR) is 88.3 cm³/mol. The lowest BCUT2D eigenvalue weighted by Gasteiger charge is -2.14. The van der Waals surface area contributed by atoms with Gasteiger partial charge in [0.25, 0.3) is 5.56 Å². The Morgan fingerprint density at radius 1 is 1.00 bits per heavy atom. The molecule has 0 spiro atoms. The first-order valence-corrected chi connectivity index (χ1v) is 7.12. The van der Waals surface area contributed by atoms with Crippen LogP contribution in [0.15, 0.2) is 41.2 Å². The summed E-state index contributed by atoms with van der Waals surface area (Å²) >= 11 is 0. The van der Waals surface area contributed by atoms with Gasteiger partial charge in [-0.05, 0) is 24.3 Å². The van der Waals surface area contributed by atoms with Crippen molar-refractivity contribution in [3.8, 4) is 28.6 Å². The molecule has 0 aliphatic heterocycles. The molecule has 2 aromatic carbocycles. The number of ether oxygens (including phenoxy) is 3. The topological polar surface area (TPSA) is 82.8 Å². The van der Waals surface area contributed by atoms with Gasteiger partial charge in [-0.15, -0.1) is 4.73 Å². The third-order valence-electron chi connectivity index (χ3n) is 3.68. The molecule has 0 radical (unpaired) electrons. The lowest BCUT2D eigenvalue weighted by Crippen LogP contribution is -2.21. The van der Waals surface area contributed by atoms with Gasteiger partial charge in [-0.25, -0.2) is 4.98 Å². The lowest BCUT2D eigenvalue weighted by molar-refractivity contribution is 0.178. The highest BCUT2D eigenvalue weighted by Gasteiger charge is 2.18. The van der Waals surface area contributed by atoms with E-state index in [1.165, 1.54) is 21.3 Å². The third-order valence-corrected chi connectivity index (χ3v) is 3.68. The summed E-state index contributed by atoms with van der Waals surface area (Å²) in [5.74, 6) is 1.29. The van der Waals surface area contributed by atoms with E-state index >= 15 is 0 Å². The molecule has 0 saturated heterocycles. The molecular weight excluding hydrogens is 312 g/mol. The number of methoxy groups -OCH3 is 3. The van der Waals surface area contributed by atoms with Crippen molar-refractivity contribution < 1.29 is 19.4 Å². The molecule has 1 heterocycles. The Hall–Kier alpha value is -3.22. The fourth-order valence-corrected chi connectivity index (χ4v) is 2.52. The van der Waals surface area contributed by atoms with E-state index in [4.69, 9.17) is 14.2 Å². The molecule has 0 amide bonds. The number of benzene rings is 2. The fraction of sp³-hybridized carbons (Fsp3) is 0.176. The molecule has 0 saturated carbocycles. The number of para-hydroxylation sites is 1. The van der Waals surface area contributed by atoms with Gasteiger partial charge in [0.2, 0.25) is 5.75 Å². The van der Waals surface area contributed by atoms with E-state index in [9.17, 15) is 10.0 Å². The number of aromatic nitrogens is 2. The highest BCUT2D eigenvalue weighted by molar-refractivity contribution is 5.80. The van der Waals surface area contributed by atoms with Gasteiger partial charge in [0.1, 0.15) is 0 Å². The van der Waals surface area contributed by atoms with E-state index in [-0.39, 0.29) is 5.82 Å². The Labute approximate surface area is 137 Å². The fourth-order valence-electron chi connectivity index (χ4n) is 2.52. The number of fused-ring (bicyclic) bond motifs is 1. The second kappa shape index (κ2) is 6.11. The third kappa shape index (κ3) is 2.40. The first kappa shape index (κ1) is 15.7. The van der Waals surface area contributed by atoms with Crippen LogP contribution in [0.3, 0.4) is 0 Å². The smallest absolute Gasteiger partial charge is 0.294 e. The van der Waals surface area contributed by atoms with E-state index in [1.807, 2.05) is 0 Å². The number of rotatable bonds is 4. The van der Waals surface area contributed by atoms with Crippen LogP contribution in [-0.2, 0) is 0 Å². The summed E-state index contributed by atoms with van der Waals surface area (Å²) < 4.78 is 16.4. The van der Waals surface area contributed by atoms with Crippen molar-refractivity contribution in [2.45, 2.75) is 0 Å². The Kier molecular flexibility index (Phi) is 3.99. The quantitative estimate of drug-likeness (QED) is 0.740. The first-order chi connectivity index (χ1) is 11.6. The Balaban J connectivity index is 2.31. The normalized spacial score (nSPS) is 10.6. The molecule has 1 aromatic heterocycles. The van der Waals surface area contributed by atoms with Crippen LogP contribution in [-0.4, -0.2) is 36.3 Å². The van der Waals surface area contributed by atoms with Gasteiger partial charge < -0.3 is 19.4 Å². The summed E-state index contributed by atoms with van der Waals surface area (Å²) in [4.78, 5) is 16.7. The van der Waals surface area contributed by atoms with Crippen LogP contribution in [0.25, 0.3) is 22.3 Å². The van der Waals surface area contributed by atoms with Crippen molar-refractivity contribution in [1.82, 2.24) is 9.71 Å². The Bertz CT molecular complexity index is 940. The summed E-state index contributed by atoms with van der Waals surface area (Å²) in [7, 11) is 4.47. The van der Waals surface area contributed by atoms with Crippen LogP contribution in [0.1, 0.15) is 0 Å². The van der Waals surface area contributed by atoms with Crippen molar-refractivity contribution in [2.24, 2.45) is 0 Å². The van der Waals surface area contributed by atoms with Crippen molar-refractivity contribution in [3.05, 3.63) is 46.8 Å². The molecule has 24 heavy (non-hydrogen) atoms. The van der Waals surface area contributed by atoms with Crippen LogP contribution < -0.4 is 19.8 Å². The Morgan fingerprint density at radius 2 is 1.62 bits per heavy atom. The number of hydrogen-bond acceptors (Lipinski definition) is 6. The summed E-state index contributed by atoms with van der Waals surface area (Å²) in [6.07, 6.45) is 0. The zero-order chi connectivity index (χ0) is 17.3. The summed E-state index contributed by atoms with van der Waals surface area (Å²) in [5, 5.41) is 10.6. The van der Waals surface area contributed by atoms with Gasteiger partial charge in [-0.2, -0.15) is 0 Å². The van der Waals surface area contributed by atoms with E-state index in [0.29, 0.717) is 38.4 Å². The van der Waals surface area contributed by atoms with Crippen molar-refractivity contribution >= 4 is 10.9 Å². The maximum absolute atomic E-state index is 12.3. The van der Waals surface area contributed by atoms with Gasteiger partial charge in [-0.1, -0.05) is 12.1 Å². The molecule has 0 aliphatic rings. The maximum Gasteiger partial charge on any atom is 0.294 e. The molecule has 3 aromatic rings. The summed E-state index contributed by atoms with van der Waals surface area (Å²) in [6.45, 7) is 0. The average molecular weight is 328 g/mol.